The molecule has 2 aromatic carbocycles. The van der Waals surface area contributed by atoms with Crippen LogP contribution in [0.2, 0.25) is 10.0 Å². The van der Waals surface area contributed by atoms with Gasteiger partial charge in [-0.2, -0.15) is 0 Å². The van der Waals surface area contributed by atoms with E-state index >= 15 is 0 Å². The molecule has 1 aliphatic rings. The zero-order chi connectivity index (χ0) is 17.3. The third-order valence-corrected chi connectivity index (χ3v) is 5.46. The summed E-state index contributed by atoms with van der Waals surface area (Å²) < 4.78 is 0. The first-order valence-electron chi connectivity index (χ1n) is 8.00. The van der Waals surface area contributed by atoms with Crippen LogP contribution in [0.4, 0.5) is 5.69 Å². The fourth-order valence-corrected chi connectivity index (χ4v) is 3.99. The zero-order valence-corrected chi connectivity index (χ0v) is 15.2. The van der Waals surface area contributed by atoms with Crippen LogP contribution in [0.3, 0.4) is 0 Å². The molecular weight excluding hydrogens is 343 g/mol. The maximum atomic E-state index is 11.0. The largest absolute Gasteiger partial charge is 0.328 e. The van der Waals surface area contributed by atoms with Crippen molar-refractivity contribution in [2.24, 2.45) is 0 Å². The molecule has 1 amide bonds. The Morgan fingerprint density at radius 1 is 1.25 bits per heavy atom. The summed E-state index contributed by atoms with van der Waals surface area (Å²) in [6.07, 6.45) is 0.700. The number of carbonyl (C=O) groups excluding carboxylic acids is 1. The van der Waals surface area contributed by atoms with Crippen molar-refractivity contribution in [2.75, 3.05) is 11.9 Å². The zero-order valence-electron chi connectivity index (χ0n) is 13.6. The molecule has 0 bridgehead atoms. The van der Waals surface area contributed by atoms with Gasteiger partial charge in [0.2, 0.25) is 6.41 Å². The third-order valence-electron chi connectivity index (χ3n) is 4.81. The molecule has 3 rings (SSSR count). The summed E-state index contributed by atoms with van der Waals surface area (Å²) in [5, 5.41) is 7.75. The van der Waals surface area contributed by atoms with Crippen molar-refractivity contribution in [3.63, 3.8) is 0 Å². The van der Waals surface area contributed by atoms with E-state index in [4.69, 9.17) is 23.2 Å². The summed E-state index contributed by atoms with van der Waals surface area (Å²) in [7, 11) is 0. The van der Waals surface area contributed by atoms with Crippen LogP contribution >= 0.6 is 23.2 Å². The number of benzene rings is 2. The Labute approximate surface area is 152 Å². The molecule has 1 saturated heterocycles. The molecule has 0 radical (unpaired) electrons. The average Bonchev–Trinajstić information content (AvgIpc) is 2.92. The predicted octanol–water partition coefficient (Wildman–Crippen LogP) is 4.73. The second-order valence-electron chi connectivity index (χ2n) is 6.34. The molecule has 0 unspecified atom stereocenters. The predicted molar refractivity (Wildman–Crippen MR) is 100 cm³/mol. The van der Waals surface area contributed by atoms with Crippen LogP contribution < -0.4 is 10.6 Å². The summed E-state index contributed by atoms with van der Waals surface area (Å²) in [5.41, 5.74) is 4.08. The van der Waals surface area contributed by atoms with E-state index in [-0.39, 0.29) is 17.9 Å². The molecule has 126 valence electrons. The molecule has 1 fully saturated rings. The van der Waals surface area contributed by atoms with Crippen LogP contribution in [0.5, 0.6) is 0 Å². The Bertz CT molecular complexity index is 763. The standard InChI is InChI=1S/C19H20Cl2N2O/c1-11-6-15(18(23-10-24)8-17(11)21)19-12(2)22-9-16(19)13-4-3-5-14(20)7-13/h3-8,10,12,16,19,22H,9H2,1-2H3,(H,23,24)/t12-,16-,19+/m1/s1. The molecule has 3 atom stereocenters. The van der Waals surface area contributed by atoms with Crippen LogP contribution in [-0.2, 0) is 4.79 Å². The van der Waals surface area contributed by atoms with Gasteiger partial charge >= 0.3 is 0 Å². The van der Waals surface area contributed by atoms with E-state index in [1.807, 2.05) is 31.2 Å². The third kappa shape index (κ3) is 3.30. The second-order valence-corrected chi connectivity index (χ2v) is 7.18. The number of aryl methyl sites for hydroxylation is 1. The average molecular weight is 363 g/mol. The Hall–Kier alpha value is -1.55. The quantitative estimate of drug-likeness (QED) is 0.771. The lowest BCUT2D eigenvalue weighted by molar-refractivity contribution is -0.105. The number of nitrogens with one attached hydrogen (secondary N) is 2. The minimum Gasteiger partial charge on any atom is -0.328 e. The Morgan fingerprint density at radius 2 is 2.04 bits per heavy atom. The van der Waals surface area contributed by atoms with Gasteiger partial charge in [0.05, 0.1) is 0 Å². The number of hydrogen-bond acceptors (Lipinski definition) is 2. The van der Waals surface area contributed by atoms with Crippen LogP contribution in [0.1, 0.15) is 35.4 Å². The van der Waals surface area contributed by atoms with Crippen LogP contribution in [0.15, 0.2) is 36.4 Å². The van der Waals surface area contributed by atoms with Crippen LogP contribution in [0.25, 0.3) is 0 Å². The van der Waals surface area contributed by atoms with Gasteiger partial charge in [0.25, 0.3) is 0 Å². The van der Waals surface area contributed by atoms with Crippen molar-refractivity contribution in [3.05, 3.63) is 63.1 Å². The van der Waals surface area contributed by atoms with E-state index < -0.39 is 0 Å². The van der Waals surface area contributed by atoms with E-state index in [1.165, 1.54) is 5.56 Å². The lowest BCUT2D eigenvalue weighted by Crippen LogP contribution is -2.22. The molecule has 24 heavy (non-hydrogen) atoms. The minimum absolute atomic E-state index is 0.224. The number of amides is 1. The Balaban J connectivity index is 2.08. The molecule has 1 aliphatic heterocycles. The SMILES string of the molecule is Cc1cc([C@H]2[C@@H](c3cccc(Cl)c3)CN[C@@H]2C)c(NC=O)cc1Cl. The fourth-order valence-electron chi connectivity index (χ4n) is 3.63. The van der Waals surface area contributed by atoms with Crippen molar-refractivity contribution in [1.82, 2.24) is 5.32 Å². The molecule has 3 nitrogen and oxygen atoms in total. The van der Waals surface area contributed by atoms with Gasteiger partial charge in [0.15, 0.2) is 0 Å². The van der Waals surface area contributed by atoms with E-state index in [0.717, 1.165) is 28.4 Å². The lowest BCUT2D eigenvalue weighted by Gasteiger charge is -2.26. The Morgan fingerprint density at radius 3 is 2.75 bits per heavy atom. The first-order valence-corrected chi connectivity index (χ1v) is 8.76. The van der Waals surface area contributed by atoms with Gasteiger partial charge in [-0.15, -0.1) is 0 Å². The summed E-state index contributed by atoms with van der Waals surface area (Å²) >= 11 is 12.4. The number of anilines is 1. The molecule has 1 heterocycles. The van der Waals surface area contributed by atoms with E-state index in [9.17, 15) is 4.79 Å². The van der Waals surface area contributed by atoms with Crippen LogP contribution in [0, 0.1) is 6.92 Å². The maximum absolute atomic E-state index is 11.0. The highest BCUT2D eigenvalue weighted by Gasteiger charge is 2.36. The first kappa shape index (κ1) is 17.3. The molecule has 0 aromatic heterocycles. The van der Waals surface area contributed by atoms with Crippen molar-refractivity contribution < 1.29 is 4.79 Å². The molecule has 0 saturated carbocycles. The van der Waals surface area contributed by atoms with Gasteiger partial charge in [-0.25, -0.2) is 0 Å². The van der Waals surface area contributed by atoms with Gasteiger partial charge < -0.3 is 10.6 Å². The summed E-state index contributed by atoms with van der Waals surface area (Å²) in [5.74, 6) is 0.508. The normalized spacial score (nSPS) is 23.2. The van der Waals surface area contributed by atoms with Crippen molar-refractivity contribution in [3.8, 4) is 0 Å². The van der Waals surface area contributed by atoms with E-state index in [1.54, 1.807) is 0 Å². The molecule has 2 N–H and O–H groups in total. The lowest BCUT2D eigenvalue weighted by atomic mass is 9.79. The van der Waals surface area contributed by atoms with Gasteiger partial charge in [-0.3, -0.25) is 4.79 Å². The maximum Gasteiger partial charge on any atom is 0.211 e. The summed E-state index contributed by atoms with van der Waals surface area (Å²) in [6, 6.07) is 12.2. The number of carbonyl (C=O) groups is 1. The molecule has 2 aromatic rings. The van der Waals surface area contributed by atoms with Gasteiger partial charge in [-0.1, -0.05) is 41.4 Å². The summed E-state index contributed by atoms with van der Waals surface area (Å²) in [6.45, 7) is 5.02. The topological polar surface area (TPSA) is 41.1 Å². The molecule has 0 aliphatic carbocycles. The smallest absolute Gasteiger partial charge is 0.211 e. The molecular formula is C19H20Cl2N2O. The van der Waals surface area contributed by atoms with Gasteiger partial charge in [0.1, 0.15) is 0 Å². The highest BCUT2D eigenvalue weighted by atomic mass is 35.5. The second kappa shape index (κ2) is 7.14. The van der Waals surface area contributed by atoms with Crippen LogP contribution in [-0.4, -0.2) is 19.0 Å². The fraction of sp³-hybridized carbons (Fsp3) is 0.316. The molecule has 0 spiro atoms. The highest BCUT2D eigenvalue weighted by molar-refractivity contribution is 6.31. The number of halogens is 2. The Kier molecular flexibility index (Phi) is 5.14. The van der Waals surface area contributed by atoms with E-state index in [0.29, 0.717) is 11.4 Å². The van der Waals surface area contributed by atoms with Gasteiger partial charge in [0, 0.05) is 40.2 Å². The highest BCUT2D eigenvalue weighted by Crippen LogP contribution is 2.43. The summed E-state index contributed by atoms with van der Waals surface area (Å²) in [4.78, 5) is 11.0. The number of hydrogen-bond donors (Lipinski definition) is 2. The van der Waals surface area contributed by atoms with Crippen molar-refractivity contribution in [1.29, 1.82) is 0 Å². The molecule has 5 heteroatoms. The van der Waals surface area contributed by atoms with Gasteiger partial charge in [-0.05, 0) is 48.7 Å². The number of rotatable bonds is 4. The van der Waals surface area contributed by atoms with Crippen molar-refractivity contribution >= 4 is 35.3 Å². The monoisotopic (exact) mass is 362 g/mol. The first-order chi connectivity index (χ1) is 11.5. The van der Waals surface area contributed by atoms with Crippen molar-refractivity contribution in [2.45, 2.75) is 31.7 Å². The van der Waals surface area contributed by atoms with E-state index in [2.05, 4.69) is 29.7 Å². The minimum atomic E-state index is 0.224.